The number of hydrogen-bond acceptors (Lipinski definition) is 2. The second-order valence-electron chi connectivity index (χ2n) is 6.53. The SMILES string of the molecule is C1=C(Oc2ccccc2)C=C(c2ccc(OCc3ccccc3)cc2)CC1. The van der Waals surface area contributed by atoms with Crippen LogP contribution < -0.4 is 9.47 Å². The smallest absolute Gasteiger partial charge is 0.127 e. The predicted octanol–water partition coefficient (Wildman–Crippen LogP) is 6.41. The summed E-state index contributed by atoms with van der Waals surface area (Å²) in [5, 5.41) is 0. The van der Waals surface area contributed by atoms with Crippen molar-refractivity contribution in [1.29, 1.82) is 0 Å². The number of para-hydroxylation sites is 1. The molecule has 0 atom stereocenters. The molecule has 0 unspecified atom stereocenters. The average molecular weight is 354 g/mol. The van der Waals surface area contributed by atoms with Gasteiger partial charge in [0.25, 0.3) is 0 Å². The summed E-state index contributed by atoms with van der Waals surface area (Å²) in [6.45, 7) is 0.584. The van der Waals surface area contributed by atoms with Crippen LogP contribution in [-0.2, 0) is 6.61 Å². The molecule has 134 valence electrons. The van der Waals surface area contributed by atoms with Gasteiger partial charge in [-0.1, -0.05) is 60.7 Å². The van der Waals surface area contributed by atoms with Crippen molar-refractivity contribution >= 4 is 5.57 Å². The van der Waals surface area contributed by atoms with Crippen molar-refractivity contribution in [1.82, 2.24) is 0 Å². The monoisotopic (exact) mass is 354 g/mol. The lowest BCUT2D eigenvalue weighted by atomic mass is 9.96. The van der Waals surface area contributed by atoms with E-state index in [4.69, 9.17) is 9.47 Å². The Morgan fingerprint density at radius 2 is 1.41 bits per heavy atom. The van der Waals surface area contributed by atoms with Crippen LogP contribution in [0.3, 0.4) is 0 Å². The van der Waals surface area contributed by atoms with Crippen LogP contribution >= 0.6 is 0 Å². The summed E-state index contributed by atoms with van der Waals surface area (Å²) in [5.41, 5.74) is 3.67. The fourth-order valence-electron chi connectivity index (χ4n) is 3.10. The summed E-state index contributed by atoms with van der Waals surface area (Å²) in [6, 6.07) is 28.4. The summed E-state index contributed by atoms with van der Waals surface area (Å²) in [7, 11) is 0. The first kappa shape index (κ1) is 17.2. The molecule has 0 amide bonds. The molecule has 0 fully saturated rings. The highest BCUT2D eigenvalue weighted by molar-refractivity contribution is 5.69. The van der Waals surface area contributed by atoms with Crippen molar-refractivity contribution in [3.05, 3.63) is 114 Å². The molecule has 3 aromatic carbocycles. The molecular weight excluding hydrogens is 332 g/mol. The third-order valence-corrected chi connectivity index (χ3v) is 4.53. The predicted molar refractivity (Wildman–Crippen MR) is 110 cm³/mol. The van der Waals surface area contributed by atoms with Gasteiger partial charge in [-0.2, -0.15) is 0 Å². The highest BCUT2D eigenvalue weighted by atomic mass is 16.5. The average Bonchev–Trinajstić information content (AvgIpc) is 2.74. The molecule has 1 aliphatic carbocycles. The van der Waals surface area contributed by atoms with Crippen LogP contribution in [0.1, 0.15) is 24.0 Å². The second-order valence-corrected chi connectivity index (χ2v) is 6.53. The topological polar surface area (TPSA) is 18.5 Å². The van der Waals surface area contributed by atoms with E-state index >= 15 is 0 Å². The molecule has 0 bridgehead atoms. The van der Waals surface area contributed by atoms with Crippen LogP contribution in [0, 0.1) is 0 Å². The van der Waals surface area contributed by atoms with E-state index in [2.05, 4.69) is 36.4 Å². The van der Waals surface area contributed by atoms with Gasteiger partial charge in [-0.3, -0.25) is 0 Å². The van der Waals surface area contributed by atoms with Crippen molar-refractivity contribution in [2.24, 2.45) is 0 Å². The molecule has 0 saturated carbocycles. The van der Waals surface area contributed by atoms with Gasteiger partial charge in [0.2, 0.25) is 0 Å². The van der Waals surface area contributed by atoms with E-state index in [-0.39, 0.29) is 0 Å². The summed E-state index contributed by atoms with van der Waals surface area (Å²) >= 11 is 0. The van der Waals surface area contributed by atoms with Gasteiger partial charge in [-0.15, -0.1) is 0 Å². The Morgan fingerprint density at radius 3 is 2.15 bits per heavy atom. The number of rotatable bonds is 6. The molecule has 0 saturated heterocycles. The normalized spacial score (nSPS) is 13.5. The maximum atomic E-state index is 5.98. The summed E-state index contributed by atoms with van der Waals surface area (Å²) < 4.78 is 11.9. The van der Waals surface area contributed by atoms with Crippen LogP contribution in [0.15, 0.2) is 103 Å². The van der Waals surface area contributed by atoms with Crippen LogP contribution in [0.2, 0.25) is 0 Å². The maximum Gasteiger partial charge on any atom is 0.127 e. The van der Waals surface area contributed by atoms with E-state index in [9.17, 15) is 0 Å². The largest absolute Gasteiger partial charge is 0.489 e. The van der Waals surface area contributed by atoms with E-state index in [0.717, 1.165) is 30.1 Å². The number of ether oxygens (including phenoxy) is 2. The summed E-state index contributed by atoms with van der Waals surface area (Å²) in [5.74, 6) is 2.66. The first-order valence-electron chi connectivity index (χ1n) is 9.28. The Hall–Kier alpha value is -3.26. The Morgan fingerprint density at radius 1 is 0.704 bits per heavy atom. The minimum absolute atomic E-state index is 0.584. The number of allylic oxidation sites excluding steroid dienone is 3. The van der Waals surface area contributed by atoms with Gasteiger partial charge in [0, 0.05) is 0 Å². The molecule has 4 rings (SSSR count). The number of benzene rings is 3. The zero-order valence-electron chi connectivity index (χ0n) is 15.2. The minimum Gasteiger partial charge on any atom is -0.489 e. The Balaban J connectivity index is 1.41. The third-order valence-electron chi connectivity index (χ3n) is 4.53. The molecular formula is C25H22O2. The van der Waals surface area contributed by atoms with Crippen LogP contribution in [-0.4, -0.2) is 0 Å². The lowest BCUT2D eigenvalue weighted by molar-refractivity contribution is 0.306. The lowest BCUT2D eigenvalue weighted by Gasteiger charge is -2.15. The van der Waals surface area contributed by atoms with Gasteiger partial charge in [0.05, 0.1) is 0 Å². The first-order valence-corrected chi connectivity index (χ1v) is 9.28. The molecule has 2 nitrogen and oxygen atoms in total. The van der Waals surface area contributed by atoms with E-state index in [1.165, 1.54) is 16.7 Å². The molecule has 0 N–H and O–H groups in total. The van der Waals surface area contributed by atoms with Gasteiger partial charge in [0.15, 0.2) is 0 Å². The fraction of sp³-hybridized carbons (Fsp3) is 0.120. The van der Waals surface area contributed by atoms with Gasteiger partial charge in [-0.05, 0) is 66.0 Å². The molecule has 0 spiro atoms. The highest BCUT2D eigenvalue weighted by Gasteiger charge is 2.10. The molecule has 27 heavy (non-hydrogen) atoms. The Labute approximate surface area is 160 Å². The van der Waals surface area contributed by atoms with Gasteiger partial charge >= 0.3 is 0 Å². The molecule has 0 aromatic heterocycles. The molecule has 0 heterocycles. The first-order chi connectivity index (χ1) is 13.4. The second kappa shape index (κ2) is 8.41. The zero-order chi connectivity index (χ0) is 18.3. The van der Waals surface area contributed by atoms with Gasteiger partial charge in [0.1, 0.15) is 23.9 Å². The maximum absolute atomic E-state index is 5.98. The molecule has 2 heteroatoms. The van der Waals surface area contributed by atoms with Crippen LogP contribution in [0.5, 0.6) is 11.5 Å². The Bertz CT molecular complexity index is 923. The van der Waals surface area contributed by atoms with E-state index in [1.807, 2.05) is 60.7 Å². The van der Waals surface area contributed by atoms with Crippen molar-refractivity contribution in [3.63, 3.8) is 0 Å². The van der Waals surface area contributed by atoms with E-state index < -0.39 is 0 Å². The fourth-order valence-corrected chi connectivity index (χ4v) is 3.10. The third kappa shape index (κ3) is 4.68. The lowest BCUT2D eigenvalue weighted by Crippen LogP contribution is -1.99. The minimum atomic E-state index is 0.584. The number of hydrogen-bond donors (Lipinski definition) is 0. The molecule has 3 aromatic rings. The molecule has 1 aliphatic rings. The standard InChI is InChI=1S/C25H22O2/c1-3-8-20(9-4-1)19-26-23-16-14-21(15-17-23)22-10-7-13-25(18-22)27-24-11-5-2-6-12-24/h1-6,8-9,11-18H,7,10,19H2. The van der Waals surface area contributed by atoms with E-state index in [1.54, 1.807) is 0 Å². The van der Waals surface area contributed by atoms with Gasteiger partial charge < -0.3 is 9.47 Å². The van der Waals surface area contributed by atoms with Crippen molar-refractivity contribution in [2.45, 2.75) is 19.4 Å². The zero-order valence-corrected chi connectivity index (χ0v) is 15.2. The van der Waals surface area contributed by atoms with Crippen molar-refractivity contribution in [3.8, 4) is 11.5 Å². The van der Waals surface area contributed by atoms with Gasteiger partial charge in [-0.25, -0.2) is 0 Å². The molecule has 0 radical (unpaired) electrons. The quantitative estimate of drug-likeness (QED) is 0.509. The van der Waals surface area contributed by atoms with Crippen LogP contribution in [0.25, 0.3) is 5.57 Å². The van der Waals surface area contributed by atoms with Crippen molar-refractivity contribution < 1.29 is 9.47 Å². The summed E-state index contributed by atoms with van der Waals surface area (Å²) in [6.07, 6.45) is 6.29. The van der Waals surface area contributed by atoms with Crippen LogP contribution in [0.4, 0.5) is 0 Å². The van der Waals surface area contributed by atoms with E-state index in [0.29, 0.717) is 6.61 Å². The highest BCUT2D eigenvalue weighted by Crippen LogP contribution is 2.29. The van der Waals surface area contributed by atoms with Crippen molar-refractivity contribution in [2.75, 3.05) is 0 Å². The Kier molecular flexibility index (Phi) is 5.35. The summed E-state index contributed by atoms with van der Waals surface area (Å²) in [4.78, 5) is 0. The molecule has 0 aliphatic heterocycles.